The van der Waals surface area contributed by atoms with Gasteiger partial charge in [-0.05, 0) is 28.7 Å². The van der Waals surface area contributed by atoms with Crippen molar-refractivity contribution >= 4 is 22.4 Å². The summed E-state index contributed by atoms with van der Waals surface area (Å²) < 4.78 is 0. The highest BCUT2D eigenvalue weighted by Gasteiger charge is 2.39. The molecule has 5 heteroatoms. The standard InChI is InChI=1S/C26H25N3OS/c1-26(2,24(30)28-25-29-27-18-31-25)23(21-11-7-4-8-12-21)22-15-13-20(14-16-22)17-19-9-5-3-6-10-19/h3-16,18,23H,17H2,1-2H3,(H,28,29,30). The van der Waals surface area contributed by atoms with E-state index in [9.17, 15) is 4.79 Å². The molecule has 156 valence electrons. The number of carbonyl (C=O) groups is 1. The third-order valence-electron chi connectivity index (χ3n) is 5.58. The lowest BCUT2D eigenvalue weighted by molar-refractivity contribution is -0.124. The molecule has 31 heavy (non-hydrogen) atoms. The summed E-state index contributed by atoms with van der Waals surface area (Å²) in [6.07, 6.45) is 0.887. The number of carbonyl (C=O) groups excluding carboxylic acids is 1. The van der Waals surface area contributed by atoms with Crippen LogP contribution in [-0.2, 0) is 11.2 Å². The van der Waals surface area contributed by atoms with E-state index in [4.69, 9.17) is 0 Å². The lowest BCUT2D eigenvalue weighted by Crippen LogP contribution is -2.37. The topological polar surface area (TPSA) is 54.9 Å². The Balaban J connectivity index is 1.64. The largest absolute Gasteiger partial charge is 0.300 e. The molecule has 4 aromatic rings. The predicted molar refractivity (Wildman–Crippen MR) is 126 cm³/mol. The first-order valence-corrected chi connectivity index (χ1v) is 11.2. The number of nitrogens with one attached hydrogen (secondary N) is 1. The molecule has 0 radical (unpaired) electrons. The molecule has 3 aromatic carbocycles. The maximum Gasteiger partial charge on any atom is 0.232 e. The van der Waals surface area contributed by atoms with Gasteiger partial charge in [0.2, 0.25) is 11.0 Å². The molecule has 0 saturated carbocycles. The van der Waals surface area contributed by atoms with Crippen molar-refractivity contribution < 1.29 is 4.79 Å². The summed E-state index contributed by atoms with van der Waals surface area (Å²) in [6, 6.07) is 29.3. The van der Waals surface area contributed by atoms with E-state index in [0.717, 1.165) is 17.5 Å². The van der Waals surface area contributed by atoms with Crippen molar-refractivity contribution in [2.45, 2.75) is 26.2 Å². The molecule has 0 aliphatic rings. The van der Waals surface area contributed by atoms with Gasteiger partial charge in [-0.3, -0.25) is 4.79 Å². The van der Waals surface area contributed by atoms with E-state index < -0.39 is 5.41 Å². The molecule has 1 N–H and O–H groups in total. The molecule has 0 aliphatic heterocycles. The van der Waals surface area contributed by atoms with Crippen LogP contribution in [0.4, 0.5) is 5.13 Å². The fourth-order valence-electron chi connectivity index (χ4n) is 3.95. The van der Waals surface area contributed by atoms with Crippen LogP contribution in [0.25, 0.3) is 0 Å². The SMILES string of the molecule is CC(C)(C(=O)Nc1nncs1)C(c1ccccc1)c1ccc(Cc2ccccc2)cc1. The van der Waals surface area contributed by atoms with Crippen LogP contribution in [0.2, 0.25) is 0 Å². The summed E-state index contributed by atoms with van der Waals surface area (Å²) >= 11 is 1.32. The Hall–Kier alpha value is -3.31. The van der Waals surface area contributed by atoms with E-state index in [1.165, 1.54) is 22.5 Å². The lowest BCUT2D eigenvalue weighted by atomic mass is 9.70. The second-order valence-electron chi connectivity index (χ2n) is 8.17. The van der Waals surface area contributed by atoms with Crippen LogP contribution < -0.4 is 5.32 Å². The molecule has 1 unspecified atom stereocenters. The Bertz CT molecular complexity index is 1110. The Morgan fingerprint density at radius 1 is 0.871 bits per heavy atom. The number of hydrogen-bond acceptors (Lipinski definition) is 4. The van der Waals surface area contributed by atoms with Crippen molar-refractivity contribution in [3.05, 3.63) is 113 Å². The number of hydrogen-bond donors (Lipinski definition) is 1. The molecule has 4 nitrogen and oxygen atoms in total. The van der Waals surface area contributed by atoms with Gasteiger partial charge in [0.1, 0.15) is 5.51 Å². The average molecular weight is 428 g/mol. The van der Waals surface area contributed by atoms with Gasteiger partial charge in [-0.15, -0.1) is 10.2 Å². The minimum atomic E-state index is -0.700. The van der Waals surface area contributed by atoms with E-state index in [-0.39, 0.29) is 11.8 Å². The fourth-order valence-corrected chi connectivity index (χ4v) is 4.39. The Morgan fingerprint density at radius 3 is 2.06 bits per heavy atom. The van der Waals surface area contributed by atoms with Gasteiger partial charge in [0.05, 0.1) is 5.41 Å². The molecule has 1 atom stereocenters. The van der Waals surface area contributed by atoms with Crippen molar-refractivity contribution in [2.24, 2.45) is 5.41 Å². The molecule has 4 rings (SSSR count). The number of anilines is 1. The molecule has 0 bridgehead atoms. The zero-order valence-corrected chi connectivity index (χ0v) is 18.5. The summed E-state index contributed by atoms with van der Waals surface area (Å²) in [5, 5.41) is 11.2. The van der Waals surface area contributed by atoms with E-state index in [0.29, 0.717) is 5.13 Å². The van der Waals surface area contributed by atoms with Crippen LogP contribution in [0.1, 0.15) is 42.0 Å². The third-order valence-corrected chi connectivity index (χ3v) is 6.19. The predicted octanol–water partition coefficient (Wildman–Crippen LogP) is 5.93. The highest BCUT2D eigenvalue weighted by molar-refractivity contribution is 7.13. The Kier molecular flexibility index (Phi) is 6.23. The molecule has 0 saturated heterocycles. The first-order chi connectivity index (χ1) is 15.0. The number of aromatic nitrogens is 2. The van der Waals surface area contributed by atoms with Gasteiger partial charge in [0.25, 0.3) is 0 Å². The molecule has 1 aromatic heterocycles. The maximum atomic E-state index is 13.3. The highest BCUT2D eigenvalue weighted by atomic mass is 32.1. The average Bonchev–Trinajstić information content (AvgIpc) is 3.29. The lowest BCUT2D eigenvalue weighted by Gasteiger charge is -2.33. The Morgan fingerprint density at radius 2 is 1.45 bits per heavy atom. The van der Waals surface area contributed by atoms with E-state index >= 15 is 0 Å². The Labute approximate surface area is 187 Å². The monoisotopic (exact) mass is 427 g/mol. The summed E-state index contributed by atoms with van der Waals surface area (Å²) in [5.41, 5.74) is 5.66. The number of benzene rings is 3. The summed E-state index contributed by atoms with van der Waals surface area (Å²) in [6.45, 7) is 3.97. The normalized spacial score (nSPS) is 12.3. The van der Waals surface area contributed by atoms with Crippen molar-refractivity contribution in [3.63, 3.8) is 0 Å². The molecule has 0 spiro atoms. The number of rotatable bonds is 7. The molecule has 0 fully saturated rings. The first kappa shape index (κ1) is 20.9. The zero-order chi connectivity index (χ0) is 21.7. The van der Waals surface area contributed by atoms with Crippen LogP contribution >= 0.6 is 11.3 Å². The number of amides is 1. The maximum absolute atomic E-state index is 13.3. The molecular weight excluding hydrogens is 402 g/mol. The van der Waals surface area contributed by atoms with Crippen molar-refractivity contribution in [1.82, 2.24) is 10.2 Å². The van der Waals surface area contributed by atoms with Crippen molar-refractivity contribution in [3.8, 4) is 0 Å². The molecular formula is C26H25N3OS. The molecule has 1 heterocycles. The van der Waals surface area contributed by atoms with Gasteiger partial charge >= 0.3 is 0 Å². The summed E-state index contributed by atoms with van der Waals surface area (Å²) in [5.74, 6) is -0.182. The smallest absolute Gasteiger partial charge is 0.232 e. The minimum Gasteiger partial charge on any atom is -0.300 e. The van der Waals surface area contributed by atoms with E-state index in [1.807, 2.05) is 38.1 Å². The first-order valence-electron chi connectivity index (χ1n) is 10.3. The van der Waals surface area contributed by atoms with E-state index in [1.54, 1.807) is 5.51 Å². The fraction of sp³-hybridized carbons (Fsp3) is 0.192. The van der Waals surface area contributed by atoms with Crippen LogP contribution in [0.5, 0.6) is 0 Å². The van der Waals surface area contributed by atoms with Crippen LogP contribution in [0, 0.1) is 5.41 Å². The van der Waals surface area contributed by atoms with Crippen molar-refractivity contribution in [1.29, 1.82) is 0 Å². The van der Waals surface area contributed by atoms with E-state index in [2.05, 4.69) is 76.2 Å². The van der Waals surface area contributed by atoms with Gasteiger partial charge in [-0.2, -0.15) is 0 Å². The third kappa shape index (κ3) is 4.89. The van der Waals surface area contributed by atoms with Gasteiger partial charge in [0.15, 0.2) is 0 Å². The quantitative estimate of drug-likeness (QED) is 0.398. The van der Waals surface area contributed by atoms with Gasteiger partial charge < -0.3 is 5.32 Å². The van der Waals surface area contributed by atoms with Crippen LogP contribution in [0.3, 0.4) is 0 Å². The molecule has 1 amide bonds. The summed E-state index contributed by atoms with van der Waals surface area (Å²) in [7, 11) is 0. The van der Waals surface area contributed by atoms with Gasteiger partial charge in [-0.1, -0.05) is 110 Å². The number of nitrogens with zero attached hydrogens (tertiary/aromatic N) is 2. The summed E-state index contributed by atoms with van der Waals surface area (Å²) in [4.78, 5) is 13.3. The molecule has 0 aliphatic carbocycles. The second kappa shape index (κ2) is 9.23. The zero-order valence-electron chi connectivity index (χ0n) is 17.7. The van der Waals surface area contributed by atoms with Crippen LogP contribution in [0.15, 0.2) is 90.4 Å². The second-order valence-corrected chi connectivity index (χ2v) is 9.00. The minimum absolute atomic E-state index is 0.0773. The van der Waals surface area contributed by atoms with Crippen LogP contribution in [-0.4, -0.2) is 16.1 Å². The van der Waals surface area contributed by atoms with Gasteiger partial charge in [0, 0.05) is 5.92 Å². The highest BCUT2D eigenvalue weighted by Crippen LogP contribution is 2.42. The van der Waals surface area contributed by atoms with Crippen molar-refractivity contribution in [2.75, 3.05) is 5.32 Å². The van der Waals surface area contributed by atoms with Gasteiger partial charge in [-0.25, -0.2) is 0 Å².